The van der Waals surface area contributed by atoms with Crippen molar-refractivity contribution >= 4 is 17.0 Å². The molecule has 2 aromatic heterocycles. The van der Waals surface area contributed by atoms with E-state index in [0.717, 1.165) is 0 Å². The van der Waals surface area contributed by atoms with E-state index in [-0.39, 0.29) is 23.8 Å². The highest BCUT2D eigenvalue weighted by atomic mass is 16.5. The van der Waals surface area contributed by atoms with Gasteiger partial charge in [0.15, 0.2) is 23.0 Å². The van der Waals surface area contributed by atoms with Gasteiger partial charge in [-0.3, -0.25) is 0 Å². The Kier molecular flexibility index (Phi) is 3.19. The molecular weight excluding hydrogens is 274 g/mol. The van der Waals surface area contributed by atoms with Gasteiger partial charge in [-0.25, -0.2) is 15.0 Å². The third-order valence-corrected chi connectivity index (χ3v) is 3.09. The summed E-state index contributed by atoms with van der Waals surface area (Å²) in [6.07, 6.45) is 2.93. The fourth-order valence-electron chi connectivity index (χ4n) is 1.99. The highest BCUT2D eigenvalue weighted by Crippen LogP contribution is 2.38. The van der Waals surface area contributed by atoms with E-state index in [1.54, 1.807) is 12.1 Å². The van der Waals surface area contributed by atoms with Crippen LogP contribution in [-0.2, 0) is 6.54 Å². The largest absolute Gasteiger partial charge is 0.504 e. The number of methoxy groups -OCH3 is 1. The zero-order valence-corrected chi connectivity index (χ0v) is 11.2. The van der Waals surface area contributed by atoms with Crippen LogP contribution < -0.4 is 10.1 Å². The molecule has 0 spiro atoms. The summed E-state index contributed by atoms with van der Waals surface area (Å²) in [4.78, 5) is 15.1. The van der Waals surface area contributed by atoms with Crippen molar-refractivity contribution in [3.63, 3.8) is 0 Å². The first-order valence-corrected chi connectivity index (χ1v) is 6.16. The topological polar surface area (TPSA) is 116 Å². The van der Waals surface area contributed by atoms with E-state index in [1.165, 1.54) is 19.8 Å². The first-order chi connectivity index (χ1) is 10.2. The number of phenols is 2. The van der Waals surface area contributed by atoms with Gasteiger partial charge in [0, 0.05) is 12.1 Å². The van der Waals surface area contributed by atoms with Crippen molar-refractivity contribution in [2.45, 2.75) is 6.54 Å². The van der Waals surface area contributed by atoms with Gasteiger partial charge in [-0.1, -0.05) is 0 Å². The normalized spacial score (nSPS) is 10.7. The van der Waals surface area contributed by atoms with E-state index in [2.05, 4.69) is 25.3 Å². The standard InChI is InChI=1S/C13H13N5O3/c1-21-8-3-2-7(10(19)11(8)20)4-14-12-9-13(16-5-15-9)18-6-17-12/h2-3,5-6,19-20H,4H2,1H3,(H2,14,15,16,17,18). The first kappa shape index (κ1) is 13.0. The lowest BCUT2D eigenvalue weighted by atomic mass is 10.1. The summed E-state index contributed by atoms with van der Waals surface area (Å²) >= 11 is 0. The molecule has 0 amide bonds. The number of hydrogen-bond donors (Lipinski definition) is 4. The molecule has 0 fully saturated rings. The number of fused-ring (bicyclic) bond motifs is 1. The molecule has 3 rings (SSSR count). The molecule has 108 valence electrons. The van der Waals surface area contributed by atoms with Gasteiger partial charge in [0.25, 0.3) is 0 Å². The van der Waals surface area contributed by atoms with E-state index >= 15 is 0 Å². The van der Waals surface area contributed by atoms with Crippen molar-refractivity contribution in [2.75, 3.05) is 12.4 Å². The third-order valence-electron chi connectivity index (χ3n) is 3.09. The number of H-pyrrole nitrogens is 1. The number of ether oxygens (including phenoxy) is 1. The van der Waals surface area contributed by atoms with Crippen LogP contribution in [0.1, 0.15) is 5.56 Å². The molecule has 4 N–H and O–H groups in total. The van der Waals surface area contributed by atoms with E-state index in [4.69, 9.17) is 4.74 Å². The minimum atomic E-state index is -0.286. The number of aromatic amines is 1. The number of nitrogens with one attached hydrogen (secondary N) is 2. The van der Waals surface area contributed by atoms with E-state index in [9.17, 15) is 10.2 Å². The average molecular weight is 287 g/mol. The number of benzene rings is 1. The maximum Gasteiger partial charge on any atom is 0.200 e. The Bertz CT molecular complexity index is 787. The number of aromatic nitrogens is 4. The predicted octanol–water partition coefficient (Wildman–Crippen LogP) is 1.38. The molecule has 2 heterocycles. The molecule has 8 nitrogen and oxygen atoms in total. The Hall–Kier alpha value is -3.03. The second kappa shape index (κ2) is 5.16. The molecular formula is C13H13N5O3. The van der Waals surface area contributed by atoms with Gasteiger partial charge in [0.1, 0.15) is 11.8 Å². The number of rotatable bonds is 4. The van der Waals surface area contributed by atoms with Gasteiger partial charge in [0.2, 0.25) is 5.75 Å². The lowest BCUT2D eigenvalue weighted by Crippen LogP contribution is -2.03. The number of anilines is 1. The van der Waals surface area contributed by atoms with Crippen LogP contribution in [0.25, 0.3) is 11.2 Å². The summed E-state index contributed by atoms with van der Waals surface area (Å²) in [5.41, 5.74) is 1.74. The van der Waals surface area contributed by atoms with E-state index in [0.29, 0.717) is 22.5 Å². The molecule has 0 aliphatic heterocycles. The molecule has 0 saturated carbocycles. The summed E-state index contributed by atoms with van der Waals surface area (Å²) < 4.78 is 4.93. The lowest BCUT2D eigenvalue weighted by Gasteiger charge is -2.11. The second-order valence-electron chi connectivity index (χ2n) is 4.30. The first-order valence-electron chi connectivity index (χ1n) is 6.16. The summed E-state index contributed by atoms with van der Waals surface area (Å²) in [5.74, 6) is 0.268. The fourth-order valence-corrected chi connectivity index (χ4v) is 1.99. The molecule has 8 heteroatoms. The predicted molar refractivity (Wildman–Crippen MR) is 75.3 cm³/mol. The molecule has 0 saturated heterocycles. The molecule has 1 aromatic carbocycles. The smallest absolute Gasteiger partial charge is 0.200 e. The van der Waals surface area contributed by atoms with Gasteiger partial charge in [-0.15, -0.1) is 0 Å². The minimum Gasteiger partial charge on any atom is -0.504 e. The zero-order valence-electron chi connectivity index (χ0n) is 11.2. The van der Waals surface area contributed by atoms with Crippen molar-refractivity contribution in [3.8, 4) is 17.2 Å². The molecule has 0 aliphatic rings. The van der Waals surface area contributed by atoms with Gasteiger partial charge in [0.05, 0.1) is 13.4 Å². The highest BCUT2D eigenvalue weighted by Gasteiger charge is 2.13. The van der Waals surface area contributed by atoms with Crippen molar-refractivity contribution in [1.29, 1.82) is 0 Å². The van der Waals surface area contributed by atoms with Crippen LogP contribution in [-0.4, -0.2) is 37.3 Å². The van der Waals surface area contributed by atoms with Gasteiger partial charge in [-0.2, -0.15) is 0 Å². The minimum absolute atomic E-state index is 0.217. The number of imidazole rings is 1. The van der Waals surface area contributed by atoms with Gasteiger partial charge in [-0.05, 0) is 12.1 Å². The molecule has 0 radical (unpaired) electrons. The van der Waals surface area contributed by atoms with Crippen LogP contribution in [0.3, 0.4) is 0 Å². The quantitative estimate of drug-likeness (QED) is 0.536. The van der Waals surface area contributed by atoms with Crippen molar-refractivity contribution in [1.82, 2.24) is 19.9 Å². The number of nitrogens with zero attached hydrogens (tertiary/aromatic N) is 3. The number of phenolic OH excluding ortho intramolecular Hbond substituents is 2. The van der Waals surface area contributed by atoms with Crippen molar-refractivity contribution in [2.24, 2.45) is 0 Å². The Labute approximate surface area is 119 Å². The van der Waals surface area contributed by atoms with E-state index in [1.807, 2.05) is 0 Å². The Morgan fingerprint density at radius 1 is 1.19 bits per heavy atom. The molecule has 0 unspecified atom stereocenters. The third kappa shape index (κ3) is 2.27. The van der Waals surface area contributed by atoms with Crippen LogP contribution in [0.15, 0.2) is 24.8 Å². The van der Waals surface area contributed by atoms with Crippen LogP contribution >= 0.6 is 0 Å². The summed E-state index contributed by atoms with van der Waals surface area (Å²) in [5, 5.41) is 22.8. The van der Waals surface area contributed by atoms with Crippen LogP contribution in [0.5, 0.6) is 17.2 Å². The van der Waals surface area contributed by atoms with Crippen LogP contribution in [0.4, 0.5) is 5.82 Å². The van der Waals surface area contributed by atoms with Crippen molar-refractivity contribution in [3.05, 3.63) is 30.4 Å². The van der Waals surface area contributed by atoms with Crippen LogP contribution in [0, 0.1) is 0 Å². The molecule has 3 aromatic rings. The summed E-state index contributed by atoms with van der Waals surface area (Å²) in [7, 11) is 1.42. The van der Waals surface area contributed by atoms with Gasteiger partial charge < -0.3 is 25.3 Å². The maximum absolute atomic E-state index is 9.94. The highest BCUT2D eigenvalue weighted by molar-refractivity contribution is 5.81. The SMILES string of the molecule is COc1ccc(CNc2ncnc3nc[nH]c23)c(O)c1O. The van der Waals surface area contributed by atoms with Crippen LogP contribution in [0.2, 0.25) is 0 Å². The Balaban J connectivity index is 1.85. The molecule has 0 aliphatic carbocycles. The monoisotopic (exact) mass is 287 g/mol. The Morgan fingerprint density at radius 2 is 2.05 bits per heavy atom. The average Bonchev–Trinajstić information content (AvgIpc) is 2.98. The lowest BCUT2D eigenvalue weighted by molar-refractivity contribution is 0.349. The molecule has 21 heavy (non-hydrogen) atoms. The maximum atomic E-state index is 9.94. The van der Waals surface area contributed by atoms with E-state index < -0.39 is 0 Å². The summed E-state index contributed by atoms with van der Waals surface area (Å²) in [6, 6.07) is 3.24. The zero-order chi connectivity index (χ0) is 14.8. The molecule has 0 bridgehead atoms. The Morgan fingerprint density at radius 3 is 2.86 bits per heavy atom. The van der Waals surface area contributed by atoms with Crippen molar-refractivity contribution < 1.29 is 14.9 Å². The number of aromatic hydroxyl groups is 2. The molecule has 0 atom stereocenters. The fraction of sp³-hybridized carbons (Fsp3) is 0.154. The summed E-state index contributed by atoms with van der Waals surface area (Å²) in [6.45, 7) is 0.272. The number of hydrogen-bond acceptors (Lipinski definition) is 7. The second-order valence-corrected chi connectivity index (χ2v) is 4.30. The van der Waals surface area contributed by atoms with Gasteiger partial charge >= 0.3 is 0 Å².